The number of carboxylic acids is 1. The van der Waals surface area contributed by atoms with Gasteiger partial charge in [0.15, 0.2) is 0 Å². The van der Waals surface area contributed by atoms with E-state index in [0.29, 0.717) is 13.0 Å². The summed E-state index contributed by atoms with van der Waals surface area (Å²) in [5.74, 6) is -0.824. The zero-order valence-electron chi connectivity index (χ0n) is 20.5. The van der Waals surface area contributed by atoms with Gasteiger partial charge in [0.1, 0.15) is 0 Å². The minimum atomic E-state index is -4.38. The topological polar surface area (TPSA) is 40.5 Å². The molecule has 1 fully saturated rings. The number of alkyl halides is 3. The first kappa shape index (κ1) is 26.3. The molecule has 0 bridgehead atoms. The molecule has 3 nitrogen and oxygen atoms in total. The number of aryl methyl sites for hydroxylation is 1. The zero-order valence-corrected chi connectivity index (χ0v) is 20.5. The predicted octanol–water partition coefficient (Wildman–Crippen LogP) is 7.81. The predicted molar refractivity (Wildman–Crippen MR) is 128 cm³/mol. The van der Waals surface area contributed by atoms with Crippen molar-refractivity contribution in [2.24, 2.45) is 11.3 Å². The van der Waals surface area contributed by atoms with E-state index in [1.807, 2.05) is 0 Å². The summed E-state index contributed by atoms with van der Waals surface area (Å²) in [7, 11) is 0. The van der Waals surface area contributed by atoms with Crippen molar-refractivity contribution in [3.8, 4) is 0 Å². The van der Waals surface area contributed by atoms with Crippen LogP contribution in [-0.2, 0) is 11.0 Å². The number of nitrogens with zero attached hydrogens (tertiary/aromatic N) is 1. The highest BCUT2D eigenvalue weighted by Gasteiger charge is 2.36. The quantitative estimate of drug-likeness (QED) is 0.444. The van der Waals surface area contributed by atoms with Crippen LogP contribution in [0.5, 0.6) is 0 Å². The molecule has 1 saturated heterocycles. The summed E-state index contributed by atoms with van der Waals surface area (Å²) in [6.07, 6.45) is -0.986. The standard InChI is InChI=1S/C28H36F3NO2/c1-19-5-7-21(8-6-19)24(13-15-27(2,3)4)32-16-14-20(18-26(33)34)17-25(32)22-9-11-23(12-10-22)28(29,30)31/h5-12,20,24-25H,13-18H2,1-4H3,(H,33,34)/t20-,24-,25+/m1/s1. The van der Waals surface area contributed by atoms with E-state index in [4.69, 9.17) is 0 Å². The molecule has 1 heterocycles. The Morgan fingerprint density at radius 3 is 2.21 bits per heavy atom. The van der Waals surface area contributed by atoms with Crippen LogP contribution >= 0.6 is 0 Å². The van der Waals surface area contributed by atoms with Crippen LogP contribution in [0, 0.1) is 18.3 Å². The molecule has 0 amide bonds. The van der Waals surface area contributed by atoms with Gasteiger partial charge in [0.05, 0.1) is 5.56 Å². The summed E-state index contributed by atoms with van der Waals surface area (Å²) in [6, 6.07) is 13.9. The molecule has 1 N–H and O–H groups in total. The highest BCUT2D eigenvalue weighted by atomic mass is 19.4. The van der Waals surface area contributed by atoms with Gasteiger partial charge < -0.3 is 5.11 Å². The van der Waals surface area contributed by atoms with Crippen LogP contribution in [0.15, 0.2) is 48.5 Å². The Balaban J connectivity index is 1.98. The zero-order chi connectivity index (χ0) is 25.1. The molecule has 2 aromatic rings. The average Bonchev–Trinajstić information content (AvgIpc) is 2.74. The van der Waals surface area contributed by atoms with Crippen molar-refractivity contribution in [2.75, 3.05) is 6.54 Å². The lowest BCUT2D eigenvalue weighted by molar-refractivity contribution is -0.139. The van der Waals surface area contributed by atoms with Crippen LogP contribution in [0.4, 0.5) is 13.2 Å². The van der Waals surface area contributed by atoms with Gasteiger partial charge in [-0.3, -0.25) is 9.69 Å². The lowest BCUT2D eigenvalue weighted by Crippen LogP contribution is -2.40. The first-order valence-electron chi connectivity index (χ1n) is 12.0. The number of halogens is 3. The van der Waals surface area contributed by atoms with Crippen LogP contribution in [0.1, 0.15) is 87.2 Å². The molecule has 0 saturated carbocycles. The number of rotatable bonds is 7. The highest BCUT2D eigenvalue weighted by molar-refractivity contribution is 5.67. The number of hydrogen-bond donors (Lipinski definition) is 1. The van der Waals surface area contributed by atoms with Crippen LogP contribution < -0.4 is 0 Å². The van der Waals surface area contributed by atoms with Gasteiger partial charge in [-0.1, -0.05) is 62.7 Å². The van der Waals surface area contributed by atoms with Gasteiger partial charge in [-0.25, -0.2) is 0 Å². The summed E-state index contributed by atoms with van der Waals surface area (Å²) in [4.78, 5) is 13.8. The van der Waals surface area contributed by atoms with Crippen LogP contribution in [-0.4, -0.2) is 22.5 Å². The second kappa shape index (κ2) is 10.5. The minimum absolute atomic E-state index is 0.00215. The van der Waals surface area contributed by atoms with Gasteiger partial charge >= 0.3 is 12.1 Å². The molecule has 1 aliphatic rings. The molecule has 34 heavy (non-hydrogen) atoms. The van der Waals surface area contributed by atoms with E-state index >= 15 is 0 Å². The number of carbonyl (C=O) groups is 1. The van der Waals surface area contributed by atoms with Crippen molar-refractivity contribution in [3.63, 3.8) is 0 Å². The molecule has 3 rings (SSSR count). The van der Waals surface area contributed by atoms with Crippen molar-refractivity contribution >= 4 is 5.97 Å². The third-order valence-electron chi connectivity index (χ3n) is 6.87. The fraction of sp³-hybridized carbons (Fsp3) is 0.536. The largest absolute Gasteiger partial charge is 0.481 e. The van der Waals surface area contributed by atoms with Gasteiger partial charge in [0.2, 0.25) is 0 Å². The lowest BCUT2D eigenvalue weighted by Gasteiger charge is -2.45. The van der Waals surface area contributed by atoms with E-state index in [1.54, 1.807) is 12.1 Å². The number of benzene rings is 2. The molecule has 0 aromatic heterocycles. The summed E-state index contributed by atoms with van der Waals surface area (Å²) in [6.45, 7) is 9.41. The van der Waals surface area contributed by atoms with Gasteiger partial charge in [-0.05, 0) is 73.7 Å². The summed E-state index contributed by atoms with van der Waals surface area (Å²) >= 11 is 0. The Morgan fingerprint density at radius 1 is 1.06 bits per heavy atom. The molecule has 0 radical (unpaired) electrons. The maximum Gasteiger partial charge on any atom is 0.416 e. The Morgan fingerprint density at radius 2 is 1.68 bits per heavy atom. The molecule has 1 aliphatic heterocycles. The van der Waals surface area contributed by atoms with E-state index in [0.717, 1.165) is 37.0 Å². The normalized spacial score (nSPS) is 20.8. The summed E-state index contributed by atoms with van der Waals surface area (Å²) in [5, 5.41) is 9.36. The monoisotopic (exact) mass is 475 g/mol. The highest BCUT2D eigenvalue weighted by Crippen LogP contribution is 2.44. The van der Waals surface area contributed by atoms with E-state index in [2.05, 4.69) is 56.9 Å². The van der Waals surface area contributed by atoms with Gasteiger partial charge in [-0.15, -0.1) is 0 Å². The molecule has 3 atom stereocenters. The summed E-state index contributed by atoms with van der Waals surface area (Å²) in [5.41, 5.74) is 2.68. The molecule has 6 heteroatoms. The van der Waals surface area contributed by atoms with Crippen molar-refractivity contribution in [2.45, 2.75) is 78.1 Å². The molecule has 186 valence electrons. The second-order valence-electron chi connectivity index (χ2n) is 10.9. The van der Waals surface area contributed by atoms with Crippen molar-refractivity contribution in [1.82, 2.24) is 4.90 Å². The van der Waals surface area contributed by atoms with Crippen LogP contribution in [0.3, 0.4) is 0 Å². The Hall–Kier alpha value is -2.34. The number of piperidine rings is 1. The van der Waals surface area contributed by atoms with Gasteiger partial charge in [0.25, 0.3) is 0 Å². The lowest BCUT2D eigenvalue weighted by atomic mass is 9.81. The van der Waals surface area contributed by atoms with Crippen molar-refractivity contribution in [1.29, 1.82) is 0 Å². The fourth-order valence-corrected chi connectivity index (χ4v) is 4.97. The first-order valence-corrected chi connectivity index (χ1v) is 12.0. The first-order chi connectivity index (χ1) is 15.8. The smallest absolute Gasteiger partial charge is 0.416 e. The Labute approximate surface area is 201 Å². The number of likely N-dealkylation sites (tertiary alicyclic amines) is 1. The third-order valence-corrected chi connectivity index (χ3v) is 6.87. The van der Waals surface area contributed by atoms with E-state index in [1.165, 1.54) is 11.1 Å². The molecular formula is C28H36F3NO2. The second-order valence-corrected chi connectivity index (χ2v) is 10.9. The third kappa shape index (κ3) is 7.08. The Bertz CT molecular complexity index is 946. The van der Waals surface area contributed by atoms with Crippen LogP contribution in [0.25, 0.3) is 0 Å². The van der Waals surface area contributed by atoms with E-state index < -0.39 is 17.7 Å². The molecule has 0 unspecified atom stereocenters. The van der Waals surface area contributed by atoms with Gasteiger partial charge in [0, 0.05) is 18.5 Å². The summed E-state index contributed by atoms with van der Waals surface area (Å²) < 4.78 is 39.5. The van der Waals surface area contributed by atoms with E-state index in [-0.39, 0.29) is 29.8 Å². The fourth-order valence-electron chi connectivity index (χ4n) is 4.97. The Kier molecular flexibility index (Phi) is 8.12. The average molecular weight is 476 g/mol. The molecule has 0 aliphatic carbocycles. The van der Waals surface area contributed by atoms with Gasteiger partial charge in [-0.2, -0.15) is 13.2 Å². The van der Waals surface area contributed by atoms with Crippen molar-refractivity contribution in [3.05, 3.63) is 70.8 Å². The number of hydrogen-bond acceptors (Lipinski definition) is 2. The van der Waals surface area contributed by atoms with Crippen LogP contribution in [0.2, 0.25) is 0 Å². The molecule has 2 aromatic carbocycles. The maximum atomic E-state index is 13.2. The SMILES string of the molecule is Cc1ccc([C@@H](CCC(C)(C)C)N2CC[C@@H](CC(=O)O)C[C@H]2c2ccc(C(F)(F)F)cc2)cc1. The van der Waals surface area contributed by atoms with Crippen molar-refractivity contribution < 1.29 is 23.1 Å². The number of aliphatic carboxylic acids is 1. The molecular weight excluding hydrogens is 439 g/mol. The maximum absolute atomic E-state index is 13.2. The minimum Gasteiger partial charge on any atom is -0.481 e. The molecule has 0 spiro atoms. The van der Waals surface area contributed by atoms with E-state index in [9.17, 15) is 23.1 Å². The number of carboxylic acid groups (broad SMARTS) is 1.